The average Bonchev–Trinajstić information content (AvgIpc) is 2.88. The van der Waals surface area contributed by atoms with Crippen molar-refractivity contribution in [2.45, 2.75) is 32.7 Å². The number of nitrogens with zero attached hydrogens (tertiary/aromatic N) is 3. The Morgan fingerprint density at radius 1 is 1.07 bits per heavy atom. The molecule has 0 bridgehead atoms. The summed E-state index contributed by atoms with van der Waals surface area (Å²) >= 11 is 6.15. The number of hydrogen-bond donors (Lipinski definition) is 0. The van der Waals surface area contributed by atoms with Crippen LogP contribution in [0.15, 0.2) is 24.3 Å². The summed E-state index contributed by atoms with van der Waals surface area (Å²) in [6.45, 7) is 6.59. The van der Waals surface area contributed by atoms with E-state index in [1.54, 1.807) is 34.1 Å². The van der Waals surface area contributed by atoms with Gasteiger partial charge in [-0.05, 0) is 32.4 Å². The Labute approximate surface area is 165 Å². The van der Waals surface area contributed by atoms with Crippen molar-refractivity contribution < 1.29 is 14.4 Å². The van der Waals surface area contributed by atoms with Gasteiger partial charge in [-0.15, -0.1) is 0 Å². The third-order valence-electron chi connectivity index (χ3n) is 5.33. The van der Waals surface area contributed by atoms with E-state index in [0.717, 1.165) is 6.42 Å². The average molecular weight is 392 g/mol. The zero-order valence-corrected chi connectivity index (χ0v) is 16.6. The zero-order chi connectivity index (χ0) is 19.6. The highest BCUT2D eigenvalue weighted by Crippen LogP contribution is 2.23. The van der Waals surface area contributed by atoms with Crippen LogP contribution < -0.4 is 0 Å². The Kier molecular flexibility index (Phi) is 6.05. The molecule has 2 fully saturated rings. The van der Waals surface area contributed by atoms with Crippen LogP contribution in [0, 0.1) is 5.92 Å². The number of benzene rings is 1. The fraction of sp³-hybridized carbons (Fsp3) is 0.550. The minimum atomic E-state index is -0.272. The minimum absolute atomic E-state index is 0.0264. The van der Waals surface area contributed by atoms with E-state index in [0.29, 0.717) is 43.3 Å². The lowest BCUT2D eigenvalue weighted by atomic mass is 10.1. The topological polar surface area (TPSA) is 60.9 Å². The molecule has 0 N–H and O–H groups in total. The van der Waals surface area contributed by atoms with E-state index in [4.69, 9.17) is 11.6 Å². The molecule has 146 valence electrons. The van der Waals surface area contributed by atoms with Crippen molar-refractivity contribution in [3.05, 3.63) is 34.9 Å². The van der Waals surface area contributed by atoms with E-state index in [9.17, 15) is 14.4 Å². The van der Waals surface area contributed by atoms with Crippen LogP contribution >= 0.6 is 11.6 Å². The smallest absolute Gasteiger partial charge is 0.255 e. The second-order valence-electron chi connectivity index (χ2n) is 7.49. The minimum Gasteiger partial charge on any atom is -0.341 e. The predicted octanol–water partition coefficient (Wildman–Crippen LogP) is 2.27. The normalized spacial score (nSPS) is 21.0. The van der Waals surface area contributed by atoms with Gasteiger partial charge in [-0.3, -0.25) is 14.4 Å². The highest BCUT2D eigenvalue weighted by molar-refractivity contribution is 6.33. The highest BCUT2D eigenvalue weighted by Gasteiger charge is 2.38. The van der Waals surface area contributed by atoms with Crippen molar-refractivity contribution in [2.24, 2.45) is 5.92 Å². The molecule has 6 nitrogen and oxygen atoms in total. The summed E-state index contributed by atoms with van der Waals surface area (Å²) in [7, 11) is 0. The molecule has 0 radical (unpaired) electrons. The summed E-state index contributed by atoms with van der Waals surface area (Å²) in [5.74, 6) is -0.296. The molecule has 1 unspecified atom stereocenters. The van der Waals surface area contributed by atoms with Gasteiger partial charge in [0.25, 0.3) is 5.91 Å². The van der Waals surface area contributed by atoms with Crippen LogP contribution in [0.3, 0.4) is 0 Å². The van der Waals surface area contributed by atoms with Gasteiger partial charge < -0.3 is 14.7 Å². The molecule has 1 atom stereocenters. The van der Waals surface area contributed by atoms with Crippen molar-refractivity contribution in [1.29, 1.82) is 0 Å². The number of hydrogen-bond acceptors (Lipinski definition) is 3. The van der Waals surface area contributed by atoms with Gasteiger partial charge in [-0.2, -0.15) is 0 Å². The van der Waals surface area contributed by atoms with Crippen molar-refractivity contribution in [1.82, 2.24) is 14.7 Å². The van der Waals surface area contributed by atoms with Crippen LogP contribution in [0.2, 0.25) is 5.02 Å². The van der Waals surface area contributed by atoms with Crippen molar-refractivity contribution in [2.75, 3.05) is 32.7 Å². The highest BCUT2D eigenvalue weighted by atomic mass is 35.5. The first-order valence-corrected chi connectivity index (χ1v) is 9.88. The molecule has 0 spiro atoms. The number of amides is 3. The van der Waals surface area contributed by atoms with Crippen LogP contribution in [0.1, 0.15) is 37.0 Å². The lowest BCUT2D eigenvalue weighted by molar-refractivity contribution is -0.135. The molecule has 0 aliphatic carbocycles. The number of rotatable bonds is 3. The van der Waals surface area contributed by atoms with Crippen LogP contribution in [0.5, 0.6) is 0 Å². The van der Waals surface area contributed by atoms with Crippen molar-refractivity contribution >= 4 is 29.3 Å². The van der Waals surface area contributed by atoms with Gasteiger partial charge in [0.1, 0.15) is 0 Å². The standard InChI is InChI=1S/C20H26ClN3O3/c1-14(2)24-13-15(12-18(24)25)19(26)22-8-5-9-23(11-10-22)20(27)16-6-3-4-7-17(16)21/h3-4,6-7,14-15H,5,8-13H2,1-2H3. The summed E-state index contributed by atoms with van der Waals surface area (Å²) in [6.07, 6.45) is 1.01. The molecule has 2 heterocycles. The first-order valence-electron chi connectivity index (χ1n) is 9.50. The van der Waals surface area contributed by atoms with Gasteiger partial charge in [-0.1, -0.05) is 23.7 Å². The maximum atomic E-state index is 12.9. The molecule has 2 aliphatic heterocycles. The van der Waals surface area contributed by atoms with E-state index in [1.165, 1.54) is 0 Å². The van der Waals surface area contributed by atoms with Gasteiger partial charge in [0.15, 0.2) is 0 Å². The first-order chi connectivity index (χ1) is 12.9. The molecular weight excluding hydrogens is 366 g/mol. The van der Waals surface area contributed by atoms with Crippen LogP contribution in [-0.4, -0.2) is 71.2 Å². The lowest BCUT2D eigenvalue weighted by Crippen LogP contribution is -2.41. The summed E-state index contributed by atoms with van der Waals surface area (Å²) in [5.41, 5.74) is 0.493. The van der Waals surface area contributed by atoms with Gasteiger partial charge in [-0.25, -0.2) is 0 Å². The second kappa shape index (κ2) is 8.30. The maximum absolute atomic E-state index is 12.9. The molecule has 3 amide bonds. The summed E-state index contributed by atoms with van der Waals surface area (Å²) in [6, 6.07) is 7.14. The molecule has 2 saturated heterocycles. The third kappa shape index (κ3) is 4.26. The molecule has 7 heteroatoms. The maximum Gasteiger partial charge on any atom is 0.255 e. The Balaban J connectivity index is 1.62. The number of carbonyl (C=O) groups is 3. The quantitative estimate of drug-likeness (QED) is 0.794. The molecule has 27 heavy (non-hydrogen) atoms. The summed E-state index contributed by atoms with van der Waals surface area (Å²) < 4.78 is 0. The summed E-state index contributed by atoms with van der Waals surface area (Å²) in [4.78, 5) is 43.1. The van der Waals surface area contributed by atoms with Crippen LogP contribution in [-0.2, 0) is 9.59 Å². The summed E-state index contributed by atoms with van der Waals surface area (Å²) in [5, 5.41) is 0.443. The monoisotopic (exact) mass is 391 g/mol. The van der Waals surface area contributed by atoms with Gasteiger partial charge >= 0.3 is 0 Å². The fourth-order valence-corrected chi connectivity index (χ4v) is 4.02. The SMILES string of the molecule is CC(C)N1CC(C(=O)N2CCCN(C(=O)c3ccccc3Cl)CC2)CC1=O. The number of likely N-dealkylation sites (tertiary alicyclic amines) is 1. The lowest BCUT2D eigenvalue weighted by Gasteiger charge is -2.25. The van der Waals surface area contributed by atoms with E-state index < -0.39 is 0 Å². The second-order valence-corrected chi connectivity index (χ2v) is 7.90. The van der Waals surface area contributed by atoms with Crippen molar-refractivity contribution in [3.63, 3.8) is 0 Å². The number of carbonyl (C=O) groups excluding carboxylic acids is 3. The zero-order valence-electron chi connectivity index (χ0n) is 15.9. The molecule has 1 aromatic rings. The van der Waals surface area contributed by atoms with Gasteiger partial charge in [0.2, 0.25) is 11.8 Å². The van der Waals surface area contributed by atoms with E-state index in [-0.39, 0.29) is 36.1 Å². The van der Waals surface area contributed by atoms with Crippen molar-refractivity contribution in [3.8, 4) is 0 Å². The third-order valence-corrected chi connectivity index (χ3v) is 5.66. The molecule has 0 saturated carbocycles. The van der Waals surface area contributed by atoms with Crippen LogP contribution in [0.4, 0.5) is 0 Å². The Morgan fingerprint density at radius 2 is 1.74 bits per heavy atom. The van der Waals surface area contributed by atoms with Gasteiger partial charge in [0, 0.05) is 45.2 Å². The Bertz CT molecular complexity index is 737. The first kappa shape index (κ1) is 19.7. The molecule has 2 aliphatic rings. The molecular formula is C20H26ClN3O3. The predicted molar refractivity (Wildman–Crippen MR) is 104 cm³/mol. The van der Waals surface area contributed by atoms with E-state index >= 15 is 0 Å². The van der Waals surface area contributed by atoms with E-state index in [1.807, 2.05) is 18.7 Å². The fourth-order valence-electron chi connectivity index (χ4n) is 3.80. The van der Waals surface area contributed by atoms with Gasteiger partial charge in [0.05, 0.1) is 16.5 Å². The molecule has 1 aromatic carbocycles. The molecule has 0 aromatic heterocycles. The Hall–Kier alpha value is -2.08. The van der Waals surface area contributed by atoms with Crippen LogP contribution in [0.25, 0.3) is 0 Å². The van der Waals surface area contributed by atoms with E-state index in [2.05, 4.69) is 0 Å². The largest absolute Gasteiger partial charge is 0.341 e. The Morgan fingerprint density at radius 3 is 2.41 bits per heavy atom. The number of halogens is 1. The molecule has 3 rings (SSSR count).